The first kappa shape index (κ1) is 22.0. The number of nitrogens with one attached hydrogen (secondary N) is 1. The molecular weight excluding hydrogens is 350 g/mol. The zero-order valence-electron chi connectivity index (χ0n) is 16.2. The fourth-order valence-corrected chi connectivity index (χ4v) is 2.20. The van der Waals surface area contributed by atoms with Crippen molar-refractivity contribution in [2.75, 3.05) is 20.7 Å². The fourth-order valence-electron chi connectivity index (χ4n) is 2.20. The number of nitriles is 1. The van der Waals surface area contributed by atoms with Gasteiger partial charge in [-0.2, -0.15) is 5.26 Å². The van der Waals surface area contributed by atoms with Gasteiger partial charge in [-0.25, -0.2) is 4.79 Å². The molecular formula is C19H25N3O5. The first-order chi connectivity index (χ1) is 12.6. The summed E-state index contributed by atoms with van der Waals surface area (Å²) in [7, 11) is 2.68. The van der Waals surface area contributed by atoms with Crippen LogP contribution in [0.3, 0.4) is 0 Å². The minimum atomic E-state index is -0.942. The molecule has 0 unspecified atom stereocenters. The largest absolute Gasteiger partial charge is 0.468 e. The summed E-state index contributed by atoms with van der Waals surface area (Å²) in [6, 6.07) is 7.74. The number of rotatable bonds is 6. The Morgan fingerprint density at radius 3 is 2.30 bits per heavy atom. The van der Waals surface area contributed by atoms with Gasteiger partial charge in [0.05, 0.1) is 18.7 Å². The molecule has 0 aromatic heterocycles. The zero-order chi connectivity index (χ0) is 20.6. The third kappa shape index (κ3) is 7.77. The molecule has 0 fully saturated rings. The van der Waals surface area contributed by atoms with Gasteiger partial charge in [0.25, 0.3) is 0 Å². The predicted molar refractivity (Wildman–Crippen MR) is 97.7 cm³/mol. The number of hydrogen-bond acceptors (Lipinski definition) is 6. The first-order valence-corrected chi connectivity index (χ1v) is 8.36. The van der Waals surface area contributed by atoms with E-state index in [0.717, 1.165) is 5.56 Å². The Hall–Kier alpha value is -3.08. The van der Waals surface area contributed by atoms with Crippen LogP contribution in [-0.4, -0.2) is 55.2 Å². The minimum Gasteiger partial charge on any atom is -0.468 e. The van der Waals surface area contributed by atoms with Crippen LogP contribution in [0, 0.1) is 11.3 Å². The molecule has 0 spiro atoms. The predicted octanol–water partition coefficient (Wildman–Crippen LogP) is 1.63. The molecule has 0 bridgehead atoms. The molecule has 1 aromatic carbocycles. The molecule has 8 heteroatoms. The van der Waals surface area contributed by atoms with Crippen LogP contribution >= 0.6 is 0 Å². The summed E-state index contributed by atoms with van der Waals surface area (Å²) in [6.07, 6.45) is -0.559. The van der Waals surface area contributed by atoms with Crippen molar-refractivity contribution in [2.24, 2.45) is 0 Å². The van der Waals surface area contributed by atoms with Gasteiger partial charge in [0, 0.05) is 13.5 Å². The highest BCUT2D eigenvalue weighted by Crippen LogP contribution is 2.11. The van der Waals surface area contributed by atoms with Crippen LogP contribution < -0.4 is 5.32 Å². The zero-order valence-corrected chi connectivity index (χ0v) is 16.2. The molecule has 1 N–H and O–H groups in total. The van der Waals surface area contributed by atoms with Crippen molar-refractivity contribution in [3.05, 3.63) is 35.4 Å². The number of methoxy groups -OCH3 is 1. The smallest absolute Gasteiger partial charge is 0.408 e. The van der Waals surface area contributed by atoms with Crippen molar-refractivity contribution in [3.8, 4) is 6.07 Å². The number of likely N-dealkylation sites (N-methyl/N-ethyl adjacent to an activating group) is 1. The van der Waals surface area contributed by atoms with E-state index in [2.05, 4.69) is 10.1 Å². The van der Waals surface area contributed by atoms with E-state index in [1.807, 2.05) is 6.07 Å². The molecule has 8 nitrogen and oxygen atoms in total. The van der Waals surface area contributed by atoms with Crippen molar-refractivity contribution < 1.29 is 23.9 Å². The second kappa shape index (κ2) is 9.57. The van der Waals surface area contributed by atoms with Crippen molar-refractivity contribution in [3.63, 3.8) is 0 Å². The van der Waals surface area contributed by atoms with Crippen LogP contribution in [-0.2, 0) is 25.5 Å². The highest BCUT2D eigenvalue weighted by molar-refractivity contribution is 5.88. The van der Waals surface area contributed by atoms with E-state index in [4.69, 9.17) is 10.00 Å². The summed E-state index contributed by atoms with van der Waals surface area (Å²) in [6.45, 7) is 4.91. The molecule has 0 radical (unpaired) electrons. The van der Waals surface area contributed by atoms with Gasteiger partial charge in [-0.05, 0) is 38.5 Å². The number of benzene rings is 1. The second-order valence-corrected chi connectivity index (χ2v) is 6.98. The Balaban J connectivity index is 2.96. The van der Waals surface area contributed by atoms with Gasteiger partial charge in [0.1, 0.15) is 18.2 Å². The summed E-state index contributed by atoms with van der Waals surface area (Å²) in [5.74, 6) is -1.03. The lowest BCUT2D eigenvalue weighted by atomic mass is 10.0. The number of alkyl carbamates (subject to hydrolysis) is 1. The quantitative estimate of drug-likeness (QED) is 0.757. The molecule has 146 valence electrons. The van der Waals surface area contributed by atoms with E-state index in [1.54, 1.807) is 45.0 Å². The van der Waals surface area contributed by atoms with E-state index < -0.39 is 29.6 Å². The Bertz CT molecular complexity index is 716. The summed E-state index contributed by atoms with van der Waals surface area (Å²) in [4.78, 5) is 37.5. The van der Waals surface area contributed by atoms with Gasteiger partial charge in [-0.1, -0.05) is 12.1 Å². The molecule has 0 saturated heterocycles. The Morgan fingerprint density at radius 2 is 1.81 bits per heavy atom. The lowest BCUT2D eigenvalue weighted by molar-refractivity contribution is -0.146. The van der Waals surface area contributed by atoms with Gasteiger partial charge < -0.3 is 19.7 Å². The fraction of sp³-hybridized carbons (Fsp3) is 0.474. The maximum absolute atomic E-state index is 12.7. The maximum atomic E-state index is 12.7. The van der Waals surface area contributed by atoms with E-state index in [9.17, 15) is 14.4 Å². The Kier molecular flexibility index (Phi) is 7.79. The number of carbonyl (C=O) groups excluding carboxylic acids is 3. The van der Waals surface area contributed by atoms with Crippen molar-refractivity contribution >= 4 is 18.0 Å². The summed E-state index contributed by atoms with van der Waals surface area (Å²) in [5.41, 5.74) is 0.517. The maximum Gasteiger partial charge on any atom is 0.408 e. The molecule has 0 aliphatic rings. The van der Waals surface area contributed by atoms with Crippen LogP contribution in [0.4, 0.5) is 4.79 Å². The van der Waals surface area contributed by atoms with E-state index in [0.29, 0.717) is 5.56 Å². The molecule has 2 amide bonds. The molecule has 0 heterocycles. The topological polar surface area (TPSA) is 109 Å². The Morgan fingerprint density at radius 1 is 1.22 bits per heavy atom. The average Bonchev–Trinajstić information content (AvgIpc) is 2.59. The number of hydrogen-bond donors (Lipinski definition) is 1. The molecule has 1 rings (SSSR count). The van der Waals surface area contributed by atoms with Crippen molar-refractivity contribution in [1.82, 2.24) is 10.2 Å². The van der Waals surface area contributed by atoms with Gasteiger partial charge in [0.15, 0.2) is 0 Å². The second-order valence-electron chi connectivity index (χ2n) is 6.98. The molecule has 1 atom stereocenters. The highest BCUT2D eigenvalue weighted by atomic mass is 16.6. The standard InChI is InChI=1S/C19H25N3O5/c1-19(2,3)27-18(25)21-15(17(24)22(4)12-16(23)26-5)10-13-6-8-14(11-20)9-7-13/h6-9,15H,10,12H2,1-5H3,(H,21,25)/t15-/m0/s1. The number of amides is 2. The number of nitrogens with zero attached hydrogens (tertiary/aromatic N) is 2. The third-order valence-electron chi connectivity index (χ3n) is 3.48. The van der Waals surface area contributed by atoms with Crippen LogP contribution in [0.15, 0.2) is 24.3 Å². The van der Waals surface area contributed by atoms with Gasteiger partial charge in [-0.15, -0.1) is 0 Å². The Labute approximate surface area is 159 Å². The van der Waals surface area contributed by atoms with Gasteiger partial charge >= 0.3 is 12.1 Å². The van der Waals surface area contributed by atoms with Gasteiger partial charge in [-0.3, -0.25) is 9.59 Å². The SMILES string of the molecule is COC(=O)CN(C)C(=O)[C@H](Cc1ccc(C#N)cc1)NC(=O)OC(C)(C)C. The average molecular weight is 375 g/mol. The number of esters is 1. The molecule has 1 aromatic rings. The van der Waals surface area contributed by atoms with Crippen molar-refractivity contribution in [2.45, 2.75) is 38.8 Å². The van der Waals surface area contributed by atoms with Crippen LogP contribution in [0.5, 0.6) is 0 Å². The number of carbonyl (C=O) groups is 3. The van der Waals surface area contributed by atoms with Crippen LogP contribution in [0.25, 0.3) is 0 Å². The van der Waals surface area contributed by atoms with Crippen LogP contribution in [0.2, 0.25) is 0 Å². The van der Waals surface area contributed by atoms with E-state index in [-0.39, 0.29) is 13.0 Å². The summed E-state index contributed by atoms with van der Waals surface area (Å²) in [5, 5.41) is 11.4. The molecule has 0 aliphatic heterocycles. The van der Waals surface area contributed by atoms with Crippen molar-refractivity contribution in [1.29, 1.82) is 5.26 Å². The summed E-state index contributed by atoms with van der Waals surface area (Å²) < 4.78 is 9.79. The third-order valence-corrected chi connectivity index (χ3v) is 3.48. The molecule has 0 saturated carbocycles. The highest BCUT2D eigenvalue weighted by Gasteiger charge is 2.28. The lowest BCUT2D eigenvalue weighted by Crippen LogP contribution is -2.50. The lowest BCUT2D eigenvalue weighted by Gasteiger charge is -2.26. The van der Waals surface area contributed by atoms with Gasteiger partial charge in [0.2, 0.25) is 5.91 Å². The number of ether oxygens (including phenoxy) is 2. The minimum absolute atomic E-state index is 0.176. The van der Waals surface area contributed by atoms with E-state index in [1.165, 1.54) is 19.1 Å². The molecule has 0 aliphatic carbocycles. The van der Waals surface area contributed by atoms with E-state index >= 15 is 0 Å². The monoisotopic (exact) mass is 375 g/mol. The summed E-state index contributed by atoms with van der Waals surface area (Å²) >= 11 is 0. The molecule has 27 heavy (non-hydrogen) atoms. The van der Waals surface area contributed by atoms with Crippen LogP contribution in [0.1, 0.15) is 31.9 Å². The first-order valence-electron chi connectivity index (χ1n) is 8.36. The normalized spacial score (nSPS) is 11.7.